The van der Waals surface area contributed by atoms with Gasteiger partial charge < -0.3 is 14.0 Å². The standard InChI is InChI=1S/C25H27N3O7S2/c1-3-35-22(29)16-28-20-12-11-17(24(31)34-2)14-21(20)36-25(28)26-23(30)18-8-7-13-27(15-18)37(32,33)19-9-5-4-6-10-19/h4-6,9-12,14,18H,3,7-8,13,15-16H2,1-2H3. The van der Waals surface area contributed by atoms with E-state index in [-0.39, 0.29) is 29.4 Å². The lowest BCUT2D eigenvalue weighted by Gasteiger charge is -2.30. The fraction of sp³-hybridized carbons (Fsp3) is 0.360. The van der Waals surface area contributed by atoms with E-state index in [2.05, 4.69) is 4.99 Å². The number of carbonyl (C=O) groups excluding carboxylic acids is 3. The Morgan fingerprint density at radius 2 is 1.89 bits per heavy atom. The zero-order chi connectivity index (χ0) is 26.6. The molecule has 1 saturated heterocycles. The van der Waals surface area contributed by atoms with Gasteiger partial charge in [0.25, 0.3) is 5.91 Å². The number of piperidine rings is 1. The SMILES string of the molecule is CCOC(=O)Cn1c(=NC(=O)C2CCCN(S(=O)(=O)c3ccccc3)C2)sc2cc(C(=O)OC)ccc21. The summed E-state index contributed by atoms with van der Waals surface area (Å²) in [6.45, 7) is 2.08. The molecular formula is C25H27N3O7S2. The summed E-state index contributed by atoms with van der Waals surface area (Å²) in [5.74, 6) is -2.10. The lowest BCUT2D eigenvalue weighted by Crippen LogP contribution is -2.42. The third kappa shape index (κ3) is 5.81. The molecule has 1 amide bonds. The van der Waals surface area contributed by atoms with E-state index in [0.29, 0.717) is 35.2 Å². The highest BCUT2D eigenvalue weighted by Crippen LogP contribution is 2.25. The van der Waals surface area contributed by atoms with Gasteiger partial charge in [0.1, 0.15) is 6.54 Å². The summed E-state index contributed by atoms with van der Waals surface area (Å²) in [6.07, 6.45) is 1.02. The van der Waals surface area contributed by atoms with Crippen LogP contribution in [-0.4, -0.2) is 61.9 Å². The molecule has 196 valence electrons. The summed E-state index contributed by atoms with van der Waals surface area (Å²) in [6, 6.07) is 13.0. The lowest BCUT2D eigenvalue weighted by molar-refractivity contribution is -0.143. The molecule has 0 spiro atoms. The second kappa shape index (κ2) is 11.4. The van der Waals surface area contributed by atoms with Crippen molar-refractivity contribution in [2.75, 3.05) is 26.8 Å². The molecule has 0 N–H and O–H groups in total. The maximum absolute atomic E-state index is 13.3. The molecule has 1 aliphatic heterocycles. The van der Waals surface area contributed by atoms with Gasteiger partial charge in [0.2, 0.25) is 10.0 Å². The fourth-order valence-corrected chi connectivity index (χ4v) is 6.80. The van der Waals surface area contributed by atoms with Gasteiger partial charge in [-0.2, -0.15) is 9.30 Å². The van der Waals surface area contributed by atoms with Crippen LogP contribution in [-0.2, 0) is 35.6 Å². The van der Waals surface area contributed by atoms with Crippen molar-refractivity contribution >= 4 is 49.4 Å². The molecule has 1 fully saturated rings. The normalized spacial score (nSPS) is 17.0. The number of nitrogens with zero attached hydrogens (tertiary/aromatic N) is 3. The minimum absolute atomic E-state index is 0.0226. The Hall–Kier alpha value is -3.35. The Labute approximate surface area is 218 Å². The summed E-state index contributed by atoms with van der Waals surface area (Å²) >= 11 is 1.15. The molecule has 3 aromatic rings. The van der Waals surface area contributed by atoms with Crippen LogP contribution in [0.4, 0.5) is 0 Å². The van der Waals surface area contributed by atoms with Crippen molar-refractivity contribution in [3.05, 3.63) is 58.9 Å². The largest absolute Gasteiger partial charge is 0.465 e. The highest BCUT2D eigenvalue weighted by Gasteiger charge is 2.33. The quantitative estimate of drug-likeness (QED) is 0.418. The van der Waals surface area contributed by atoms with Crippen LogP contribution >= 0.6 is 11.3 Å². The molecule has 0 radical (unpaired) electrons. The number of amides is 1. The van der Waals surface area contributed by atoms with Gasteiger partial charge in [-0.3, -0.25) is 9.59 Å². The average molecular weight is 546 g/mol. The predicted molar refractivity (Wildman–Crippen MR) is 136 cm³/mol. The molecule has 1 unspecified atom stereocenters. The van der Waals surface area contributed by atoms with Crippen LogP contribution in [0.15, 0.2) is 58.4 Å². The van der Waals surface area contributed by atoms with E-state index in [1.54, 1.807) is 47.9 Å². The molecule has 0 bridgehead atoms. The summed E-state index contributed by atoms with van der Waals surface area (Å²) < 4.78 is 39.5. The number of sulfonamides is 1. The first-order chi connectivity index (χ1) is 17.7. The number of ether oxygens (including phenoxy) is 2. The van der Waals surface area contributed by atoms with Crippen LogP contribution < -0.4 is 4.80 Å². The zero-order valence-electron chi connectivity index (χ0n) is 20.5. The monoisotopic (exact) mass is 545 g/mol. The average Bonchev–Trinajstić information content (AvgIpc) is 3.24. The summed E-state index contributed by atoms with van der Waals surface area (Å²) in [5.41, 5.74) is 0.931. The summed E-state index contributed by atoms with van der Waals surface area (Å²) in [7, 11) is -2.45. The van der Waals surface area contributed by atoms with Crippen LogP contribution in [0.3, 0.4) is 0 Å². The first-order valence-corrected chi connectivity index (χ1v) is 14.0. The molecule has 1 atom stereocenters. The van der Waals surface area contributed by atoms with Crippen molar-refractivity contribution in [1.82, 2.24) is 8.87 Å². The topological polar surface area (TPSA) is 124 Å². The number of hydrogen-bond donors (Lipinski definition) is 0. The van der Waals surface area contributed by atoms with Crippen molar-refractivity contribution in [3.63, 3.8) is 0 Å². The second-order valence-electron chi connectivity index (χ2n) is 8.42. The summed E-state index contributed by atoms with van der Waals surface area (Å²) in [5, 5.41) is 0. The van der Waals surface area contributed by atoms with Crippen LogP contribution in [0.2, 0.25) is 0 Å². The molecular weight excluding hydrogens is 518 g/mol. The van der Waals surface area contributed by atoms with Gasteiger partial charge in [0.15, 0.2) is 4.80 Å². The van der Waals surface area contributed by atoms with E-state index in [1.807, 2.05) is 0 Å². The highest BCUT2D eigenvalue weighted by molar-refractivity contribution is 7.89. The molecule has 0 aliphatic carbocycles. The number of hydrogen-bond acceptors (Lipinski definition) is 8. The van der Waals surface area contributed by atoms with Crippen molar-refractivity contribution < 1.29 is 32.3 Å². The molecule has 1 aromatic heterocycles. The molecule has 12 heteroatoms. The Kier molecular flexibility index (Phi) is 8.20. The third-order valence-corrected chi connectivity index (χ3v) is 8.94. The van der Waals surface area contributed by atoms with Crippen molar-refractivity contribution in [2.45, 2.75) is 31.2 Å². The number of aromatic nitrogens is 1. The van der Waals surface area contributed by atoms with E-state index in [1.165, 1.54) is 23.5 Å². The van der Waals surface area contributed by atoms with Gasteiger partial charge in [0.05, 0.1) is 40.3 Å². The number of fused-ring (bicyclic) bond motifs is 1. The first-order valence-electron chi connectivity index (χ1n) is 11.8. The number of esters is 2. The number of methoxy groups -OCH3 is 1. The van der Waals surface area contributed by atoms with E-state index in [9.17, 15) is 22.8 Å². The Bertz CT molecular complexity index is 1490. The maximum atomic E-state index is 13.3. The van der Waals surface area contributed by atoms with Crippen LogP contribution in [0, 0.1) is 5.92 Å². The molecule has 10 nitrogen and oxygen atoms in total. The number of carbonyl (C=O) groups is 3. The molecule has 4 rings (SSSR count). The minimum atomic E-state index is -3.74. The first kappa shape index (κ1) is 26.7. The Morgan fingerprint density at radius 3 is 2.59 bits per heavy atom. The van der Waals surface area contributed by atoms with Crippen LogP contribution in [0.25, 0.3) is 10.2 Å². The minimum Gasteiger partial charge on any atom is -0.465 e. The van der Waals surface area contributed by atoms with Crippen LogP contribution in [0.5, 0.6) is 0 Å². The van der Waals surface area contributed by atoms with Crippen molar-refractivity contribution in [2.24, 2.45) is 10.9 Å². The molecule has 37 heavy (non-hydrogen) atoms. The molecule has 0 saturated carbocycles. The maximum Gasteiger partial charge on any atom is 0.337 e. The fourth-order valence-electron chi connectivity index (χ4n) is 4.18. The van der Waals surface area contributed by atoms with Crippen LogP contribution in [0.1, 0.15) is 30.1 Å². The number of rotatable bonds is 7. The van der Waals surface area contributed by atoms with Gasteiger partial charge in [-0.25, -0.2) is 13.2 Å². The van der Waals surface area contributed by atoms with Gasteiger partial charge in [-0.05, 0) is 50.1 Å². The lowest BCUT2D eigenvalue weighted by atomic mass is 9.99. The predicted octanol–water partition coefficient (Wildman–Crippen LogP) is 2.58. The Balaban J connectivity index is 1.67. The van der Waals surface area contributed by atoms with Gasteiger partial charge in [-0.1, -0.05) is 29.5 Å². The van der Waals surface area contributed by atoms with Gasteiger partial charge in [-0.15, -0.1) is 0 Å². The third-order valence-electron chi connectivity index (χ3n) is 6.02. The molecule has 2 heterocycles. The second-order valence-corrected chi connectivity index (χ2v) is 11.4. The smallest absolute Gasteiger partial charge is 0.337 e. The highest BCUT2D eigenvalue weighted by atomic mass is 32.2. The Morgan fingerprint density at radius 1 is 1.14 bits per heavy atom. The van der Waals surface area contributed by atoms with Gasteiger partial charge >= 0.3 is 11.9 Å². The number of benzene rings is 2. The molecule has 1 aliphatic rings. The summed E-state index contributed by atoms with van der Waals surface area (Å²) in [4.78, 5) is 42.3. The zero-order valence-corrected chi connectivity index (χ0v) is 22.1. The van der Waals surface area contributed by atoms with Gasteiger partial charge in [0, 0.05) is 13.1 Å². The van der Waals surface area contributed by atoms with Crippen molar-refractivity contribution in [3.8, 4) is 0 Å². The van der Waals surface area contributed by atoms with E-state index < -0.39 is 33.8 Å². The molecule has 2 aromatic carbocycles. The van der Waals surface area contributed by atoms with E-state index >= 15 is 0 Å². The van der Waals surface area contributed by atoms with Crippen molar-refractivity contribution in [1.29, 1.82) is 0 Å². The van der Waals surface area contributed by atoms with E-state index in [0.717, 1.165) is 11.3 Å². The number of thiazole rings is 1. The van der Waals surface area contributed by atoms with E-state index in [4.69, 9.17) is 9.47 Å².